The second kappa shape index (κ2) is 6.97. The van der Waals surface area contributed by atoms with Gasteiger partial charge in [-0.15, -0.1) is 0 Å². The lowest BCUT2D eigenvalue weighted by Gasteiger charge is -2.22. The number of hydrogen-bond acceptors (Lipinski definition) is 4. The van der Waals surface area contributed by atoms with Crippen molar-refractivity contribution in [1.82, 2.24) is 9.88 Å². The van der Waals surface area contributed by atoms with E-state index in [4.69, 9.17) is 4.98 Å². The summed E-state index contributed by atoms with van der Waals surface area (Å²) in [5.74, 6) is 1.69. The zero-order chi connectivity index (χ0) is 15.4. The lowest BCUT2D eigenvalue weighted by molar-refractivity contribution is 0.0424. The van der Waals surface area contributed by atoms with Gasteiger partial charge in [-0.25, -0.2) is 4.98 Å². The standard InChI is InChI=1S/C18H29N3O/c1-21-12-7-15(14-21)13-16-5-4-6-17(20-16)19-11-10-18(22)8-2-3-9-18/h4-6,15,22H,2-3,7-14H2,1H3,(H,19,20)/t15-/m0/s1. The van der Waals surface area contributed by atoms with Crippen molar-refractivity contribution in [3.63, 3.8) is 0 Å². The summed E-state index contributed by atoms with van der Waals surface area (Å²) >= 11 is 0. The highest BCUT2D eigenvalue weighted by molar-refractivity contribution is 5.35. The molecule has 122 valence electrons. The van der Waals surface area contributed by atoms with Crippen molar-refractivity contribution in [3.05, 3.63) is 23.9 Å². The van der Waals surface area contributed by atoms with Crippen LogP contribution in [-0.2, 0) is 6.42 Å². The van der Waals surface area contributed by atoms with Crippen LogP contribution in [0.5, 0.6) is 0 Å². The predicted molar refractivity (Wildman–Crippen MR) is 90.1 cm³/mol. The molecule has 1 aliphatic heterocycles. The molecule has 2 N–H and O–H groups in total. The molecule has 22 heavy (non-hydrogen) atoms. The fourth-order valence-corrected chi connectivity index (χ4v) is 3.89. The van der Waals surface area contributed by atoms with E-state index in [1.807, 2.05) is 6.07 Å². The highest BCUT2D eigenvalue weighted by atomic mass is 16.3. The van der Waals surface area contributed by atoms with E-state index in [2.05, 4.69) is 29.4 Å². The van der Waals surface area contributed by atoms with Crippen LogP contribution < -0.4 is 5.32 Å². The van der Waals surface area contributed by atoms with Crippen LogP contribution in [0.15, 0.2) is 18.2 Å². The molecule has 4 nitrogen and oxygen atoms in total. The van der Waals surface area contributed by atoms with Gasteiger partial charge in [0.05, 0.1) is 5.60 Å². The number of nitrogens with one attached hydrogen (secondary N) is 1. The maximum absolute atomic E-state index is 10.4. The van der Waals surface area contributed by atoms with Crippen LogP contribution in [0.3, 0.4) is 0 Å². The highest BCUT2D eigenvalue weighted by Gasteiger charge is 2.30. The molecule has 0 unspecified atom stereocenters. The fourth-order valence-electron chi connectivity index (χ4n) is 3.89. The second-order valence-electron chi connectivity index (χ2n) is 7.24. The summed E-state index contributed by atoms with van der Waals surface area (Å²) in [5, 5.41) is 13.8. The fraction of sp³-hybridized carbons (Fsp3) is 0.722. The van der Waals surface area contributed by atoms with Crippen LogP contribution in [0.1, 0.15) is 44.2 Å². The minimum atomic E-state index is -0.432. The lowest BCUT2D eigenvalue weighted by atomic mass is 9.98. The molecule has 1 aromatic rings. The van der Waals surface area contributed by atoms with Gasteiger partial charge in [0.25, 0.3) is 0 Å². The topological polar surface area (TPSA) is 48.4 Å². The third-order valence-corrected chi connectivity index (χ3v) is 5.22. The number of rotatable bonds is 6. The first-order chi connectivity index (χ1) is 10.6. The third-order valence-electron chi connectivity index (χ3n) is 5.22. The highest BCUT2D eigenvalue weighted by Crippen LogP contribution is 2.32. The molecule has 4 heteroatoms. The molecule has 1 atom stereocenters. The van der Waals surface area contributed by atoms with E-state index in [9.17, 15) is 5.11 Å². The van der Waals surface area contributed by atoms with Crippen LogP contribution in [0, 0.1) is 5.92 Å². The Balaban J connectivity index is 1.48. The summed E-state index contributed by atoms with van der Waals surface area (Å²) < 4.78 is 0. The van der Waals surface area contributed by atoms with Gasteiger partial charge in [0, 0.05) is 18.8 Å². The first kappa shape index (κ1) is 15.8. The van der Waals surface area contributed by atoms with E-state index in [-0.39, 0.29) is 0 Å². The zero-order valence-electron chi connectivity index (χ0n) is 13.7. The number of nitrogens with zero attached hydrogens (tertiary/aromatic N) is 2. The summed E-state index contributed by atoms with van der Waals surface area (Å²) in [6, 6.07) is 6.25. The molecule has 3 rings (SSSR count). The van der Waals surface area contributed by atoms with Crippen molar-refractivity contribution in [1.29, 1.82) is 0 Å². The smallest absolute Gasteiger partial charge is 0.126 e. The Kier molecular flexibility index (Phi) is 4.99. The molecule has 2 heterocycles. The first-order valence-electron chi connectivity index (χ1n) is 8.74. The summed E-state index contributed by atoms with van der Waals surface area (Å²) in [7, 11) is 2.19. The van der Waals surface area contributed by atoms with Gasteiger partial charge in [0.1, 0.15) is 5.82 Å². The monoisotopic (exact) mass is 303 g/mol. The van der Waals surface area contributed by atoms with Crippen LogP contribution in [-0.4, -0.2) is 47.3 Å². The molecule has 2 fully saturated rings. The number of likely N-dealkylation sites (tertiary alicyclic amines) is 1. The van der Waals surface area contributed by atoms with E-state index >= 15 is 0 Å². The van der Waals surface area contributed by atoms with Gasteiger partial charge in [0.15, 0.2) is 0 Å². The Morgan fingerprint density at radius 1 is 1.36 bits per heavy atom. The van der Waals surface area contributed by atoms with E-state index < -0.39 is 5.60 Å². The number of anilines is 1. The van der Waals surface area contributed by atoms with Gasteiger partial charge in [-0.2, -0.15) is 0 Å². The molecule has 0 amide bonds. The lowest BCUT2D eigenvalue weighted by Crippen LogP contribution is -2.27. The minimum absolute atomic E-state index is 0.432. The van der Waals surface area contributed by atoms with E-state index in [0.29, 0.717) is 0 Å². The van der Waals surface area contributed by atoms with Gasteiger partial charge in [-0.1, -0.05) is 18.9 Å². The van der Waals surface area contributed by atoms with E-state index in [1.54, 1.807) is 0 Å². The Morgan fingerprint density at radius 2 is 2.18 bits per heavy atom. The number of pyridine rings is 1. The molecular weight excluding hydrogens is 274 g/mol. The Hall–Kier alpha value is -1.13. The second-order valence-corrected chi connectivity index (χ2v) is 7.24. The molecule has 1 aromatic heterocycles. The molecule has 0 spiro atoms. The molecule has 1 aliphatic carbocycles. The number of hydrogen-bond donors (Lipinski definition) is 2. The summed E-state index contributed by atoms with van der Waals surface area (Å²) in [6.07, 6.45) is 7.42. The van der Waals surface area contributed by atoms with Crippen LogP contribution in [0.2, 0.25) is 0 Å². The van der Waals surface area contributed by atoms with Crippen molar-refractivity contribution in [3.8, 4) is 0 Å². The molecule has 1 saturated heterocycles. The van der Waals surface area contributed by atoms with Crippen molar-refractivity contribution in [2.75, 3.05) is 32.0 Å². The van der Waals surface area contributed by atoms with Crippen molar-refractivity contribution in [2.45, 2.75) is 50.5 Å². The first-order valence-corrected chi connectivity index (χ1v) is 8.74. The number of aliphatic hydroxyl groups is 1. The quantitative estimate of drug-likeness (QED) is 0.848. The van der Waals surface area contributed by atoms with Crippen LogP contribution in [0.4, 0.5) is 5.82 Å². The van der Waals surface area contributed by atoms with E-state index in [0.717, 1.165) is 44.0 Å². The summed E-state index contributed by atoms with van der Waals surface area (Å²) in [6.45, 7) is 3.20. The normalized spacial score (nSPS) is 24.7. The maximum Gasteiger partial charge on any atom is 0.126 e. The van der Waals surface area contributed by atoms with Crippen molar-refractivity contribution < 1.29 is 5.11 Å². The zero-order valence-corrected chi connectivity index (χ0v) is 13.7. The average molecular weight is 303 g/mol. The van der Waals surface area contributed by atoms with Gasteiger partial charge in [0.2, 0.25) is 0 Å². The van der Waals surface area contributed by atoms with Gasteiger partial charge >= 0.3 is 0 Å². The molecule has 0 bridgehead atoms. The van der Waals surface area contributed by atoms with Gasteiger partial charge < -0.3 is 15.3 Å². The largest absolute Gasteiger partial charge is 0.390 e. The molecule has 0 radical (unpaired) electrons. The predicted octanol–water partition coefficient (Wildman–Crippen LogP) is 2.68. The van der Waals surface area contributed by atoms with Crippen LogP contribution in [0.25, 0.3) is 0 Å². The van der Waals surface area contributed by atoms with Crippen molar-refractivity contribution >= 4 is 5.82 Å². The molecule has 0 aromatic carbocycles. The summed E-state index contributed by atoms with van der Waals surface area (Å²) in [4.78, 5) is 7.13. The van der Waals surface area contributed by atoms with Crippen LogP contribution >= 0.6 is 0 Å². The minimum Gasteiger partial charge on any atom is -0.390 e. The Labute approximate surface area is 133 Å². The van der Waals surface area contributed by atoms with Crippen molar-refractivity contribution in [2.24, 2.45) is 5.92 Å². The summed E-state index contributed by atoms with van der Waals surface area (Å²) in [5.41, 5.74) is 0.754. The molecular formula is C18H29N3O. The van der Waals surface area contributed by atoms with Gasteiger partial charge in [-0.05, 0) is 63.7 Å². The Morgan fingerprint density at radius 3 is 2.91 bits per heavy atom. The number of aromatic nitrogens is 1. The van der Waals surface area contributed by atoms with E-state index in [1.165, 1.54) is 38.0 Å². The molecule has 2 aliphatic rings. The Bertz CT molecular complexity index is 485. The SMILES string of the molecule is CN1CC[C@@H](Cc2cccc(NCCC3(O)CCCC3)n2)C1. The average Bonchev–Trinajstić information content (AvgIpc) is 3.09. The molecule has 1 saturated carbocycles. The third kappa shape index (κ3) is 4.20. The maximum atomic E-state index is 10.4. The van der Waals surface area contributed by atoms with Gasteiger partial charge in [-0.3, -0.25) is 0 Å².